The molecule has 0 bridgehead atoms. The van der Waals surface area contributed by atoms with Gasteiger partial charge in [-0.1, -0.05) is 60.1 Å². The fraction of sp³-hybridized carbons (Fsp3) is 0.700. The van der Waals surface area contributed by atoms with Gasteiger partial charge in [0.1, 0.15) is 5.82 Å². The van der Waals surface area contributed by atoms with Gasteiger partial charge in [0.25, 0.3) is 0 Å². The Bertz CT molecular complexity index is 418. The Labute approximate surface area is 138 Å². The van der Waals surface area contributed by atoms with Gasteiger partial charge in [0, 0.05) is 18.8 Å². The lowest BCUT2D eigenvalue weighted by atomic mass is 9.93. The molecule has 0 saturated carbocycles. The molecule has 1 rings (SSSR count). The van der Waals surface area contributed by atoms with E-state index in [9.17, 15) is 0 Å². The minimum atomic E-state index is 0. The molecule has 1 aromatic rings. The monoisotopic (exact) mass is 304 g/mol. The molecule has 1 atom stereocenters. The highest BCUT2D eigenvalue weighted by Crippen LogP contribution is 2.20. The number of allylic oxidation sites excluding steroid dienone is 2. The van der Waals surface area contributed by atoms with Gasteiger partial charge >= 0.3 is 0 Å². The average molecular weight is 305 g/mol. The normalized spacial score (nSPS) is 13.1. The zero-order valence-corrected chi connectivity index (χ0v) is 14.5. The summed E-state index contributed by atoms with van der Waals surface area (Å²) >= 11 is 0. The Kier molecular flexibility index (Phi) is 10.8. The maximum absolute atomic E-state index is 4.55. The summed E-state index contributed by atoms with van der Waals surface area (Å²) in [5.74, 6) is 2.35. The van der Waals surface area contributed by atoms with E-state index in [0.717, 1.165) is 31.0 Å². The molecule has 2 heteroatoms. The van der Waals surface area contributed by atoms with Crippen LogP contribution in [0.15, 0.2) is 24.0 Å². The molecular formula is C20H36N2. The lowest BCUT2D eigenvalue weighted by molar-refractivity contribution is 0.581. The van der Waals surface area contributed by atoms with Crippen LogP contribution < -0.4 is 0 Å². The fourth-order valence-corrected chi connectivity index (χ4v) is 2.38. The van der Waals surface area contributed by atoms with Gasteiger partial charge in [0.15, 0.2) is 0 Å². The summed E-state index contributed by atoms with van der Waals surface area (Å²) < 4.78 is 0. The Morgan fingerprint density at radius 1 is 1.14 bits per heavy atom. The van der Waals surface area contributed by atoms with Crippen LogP contribution in [0, 0.1) is 11.8 Å². The van der Waals surface area contributed by atoms with Gasteiger partial charge in [0.2, 0.25) is 0 Å². The fourth-order valence-electron chi connectivity index (χ4n) is 2.38. The van der Waals surface area contributed by atoms with Crippen LogP contribution in [-0.2, 0) is 12.8 Å². The highest BCUT2D eigenvalue weighted by atomic mass is 14.9. The van der Waals surface area contributed by atoms with Gasteiger partial charge in [-0.2, -0.15) is 0 Å². The van der Waals surface area contributed by atoms with Crippen molar-refractivity contribution in [3.05, 3.63) is 35.4 Å². The van der Waals surface area contributed by atoms with Gasteiger partial charge < -0.3 is 0 Å². The number of hydrogen-bond acceptors (Lipinski definition) is 2. The van der Waals surface area contributed by atoms with Crippen molar-refractivity contribution in [2.45, 2.75) is 80.6 Å². The SMILES string of the molecule is C.CCCc1cnc(C/C(=C/CCC(C)C)C(C)CC)nc1. The summed E-state index contributed by atoms with van der Waals surface area (Å²) in [5, 5.41) is 0. The molecule has 0 radical (unpaired) electrons. The molecule has 0 fully saturated rings. The van der Waals surface area contributed by atoms with Crippen molar-refractivity contribution in [2.24, 2.45) is 11.8 Å². The molecule has 0 saturated heterocycles. The molecule has 0 aliphatic rings. The summed E-state index contributed by atoms with van der Waals surface area (Å²) in [7, 11) is 0. The lowest BCUT2D eigenvalue weighted by Crippen LogP contribution is -2.05. The van der Waals surface area contributed by atoms with E-state index in [1.165, 1.54) is 30.4 Å². The second-order valence-corrected chi connectivity index (χ2v) is 6.49. The minimum Gasteiger partial charge on any atom is -0.241 e. The van der Waals surface area contributed by atoms with Crippen molar-refractivity contribution < 1.29 is 0 Å². The molecule has 0 spiro atoms. The smallest absolute Gasteiger partial charge is 0.132 e. The van der Waals surface area contributed by atoms with Gasteiger partial charge in [-0.3, -0.25) is 0 Å². The number of nitrogens with zero attached hydrogens (tertiary/aromatic N) is 2. The Morgan fingerprint density at radius 2 is 1.77 bits per heavy atom. The maximum Gasteiger partial charge on any atom is 0.132 e. The van der Waals surface area contributed by atoms with Gasteiger partial charge in [-0.25, -0.2) is 9.97 Å². The third-order valence-electron chi connectivity index (χ3n) is 4.06. The van der Waals surface area contributed by atoms with Gasteiger partial charge in [-0.15, -0.1) is 0 Å². The molecule has 126 valence electrons. The van der Waals surface area contributed by atoms with Gasteiger partial charge in [-0.05, 0) is 43.1 Å². The standard InChI is InChI=1S/C19H32N2.CH4/c1-6-9-17-13-20-19(21-14-17)12-18(16(5)7-2)11-8-10-15(3)4;/h11,13-16H,6-10,12H2,1-5H3;1H4/b18-11-;. The number of aryl methyl sites for hydroxylation is 1. The van der Waals surface area contributed by atoms with Crippen molar-refractivity contribution in [3.8, 4) is 0 Å². The highest BCUT2D eigenvalue weighted by Gasteiger charge is 2.09. The minimum absolute atomic E-state index is 0. The summed E-state index contributed by atoms with van der Waals surface area (Å²) in [6.45, 7) is 11.3. The second-order valence-electron chi connectivity index (χ2n) is 6.49. The van der Waals surface area contributed by atoms with Crippen molar-refractivity contribution in [3.63, 3.8) is 0 Å². The molecular weight excluding hydrogens is 268 g/mol. The van der Waals surface area contributed by atoms with Crippen LogP contribution in [0.25, 0.3) is 0 Å². The zero-order chi connectivity index (χ0) is 15.7. The summed E-state index contributed by atoms with van der Waals surface area (Å²) in [6, 6.07) is 0. The third kappa shape index (κ3) is 7.72. The number of aromatic nitrogens is 2. The molecule has 2 nitrogen and oxygen atoms in total. The number of rotatable bonds is 9. The van der Waals surface area contributed by atoms with E-state index in [1.54, 1.807) is 0 Å². The van der Waals surface area contributed by atoms with Crippen LogP contribution in [0.5, 0.6) is 0 Å². The predicted octanol–water partition coefficient (Wildman–Crippen LogP) is 6.02. The largest absolute Gasteiger partial charge is 0.241 e. The predicted molar refractivity (Wildman–Crippen MR) is 98.1 cm³/mol. The number of hydrogen-bond donors (Lipinski definition) is 0. The molecule has 0 amide bonds. The molecule has 0 aromatic carbocycles. The molecule has 0 aliphatic heterocycles. The first kappa shape index (κ1) is 20.8. The second kappa shape index (κ2) is 11.4. The van der Waals surface area contributed by atoms with Crippen molar-refractivity contribution in [1.29, 1.82) is 0 Å². The molecule has 1 unspecified atom stereocenters. The molecule has 0 N–H and O–H groups in total. The quantitative estimate of drug-likeness (QED) is 0.522. The zero-order valence-electron chi connectivity index (χ0n) is 14.5. The molecule has 1 heterocycles. The van der Waals surface area contributed by atoms with Crippen molar-refractivity contribution in [1.82, 2.24) is 9.97 Å². The van der Waals surface area contributed by atoms with Crippen LogP contribution in [0.2, 0.25) is 0 Å². The first-order valence-electron chi connectivity index (χ1n) is 8.55. The van der Waals surface area contributed by atoms with E-state index in [2.05, 4.69) is 50.7 Å². The van der Waals surface area contributed by atoms with Crippen molar-refractivity contribution >= 4 is 0 Å². The first-order valence-corrected chi connectivity index (χ1v) is 8.55. The van der Waals surface area contributed by atoms with E-state index < -0.39 is 0 Å². The average Bonchev–Trinajstić information content (AvgIpc) is 2.47. The van der Waals surface area contributed by atoms with E-state index in [1.807, 2.05) is 12.4 Å². The molecule has 22 heavy (non-hydrogen) atoms. The summed E-state index contributed by atoms with van der Waals surface area (Å²) in [5.41, 5.74) is 2.75. The van der Waals surface area contributed by atoms with Crippen LogP contribution >= 0.6 is 0 Å². The van der Waals surface area contributed by atoms with E-state index in [4.69, 9.17) is 0 Å². The van der Waals surface area contributed by atoms with Crippen LogP contribution in [0.1, 0.15) is 79.1 Å². The van der Waals surface area contributed by atoms with Crippen LogP contribution in [0.3, 0.4) is 0 Å². The maximum atomic E-state index is 4.55. The van der Waals surface area contributed by atoms with E-state index in [0.29, 0.717) is 5.92 Å². The summed E-state index contributed by atoms with van der Waals surface area (Å²) in [4.78, 5) is 9.09. The van der Waals surface area contributed by atoms with Gasteiger partial charge in [0.05, 0.1) is 0 Å². The van der Waals surface area contributed by atoms with Crippen LogP contribution in [0.4, 0.5) is 0 Å². The van der Waals surface area contributed by atoms with Crippen LogP contribution in [-0.4, -0.2) is 9.97 Å². The van der Waals surface area contributed by atoms with E-state index in [-0.39, 0.29) is 7.43 Å². The molecule has 1 aromatic heterocycles. The molecule has 0 aliphatic carbocycles. The lowest BCUT2D eigenvalue weighted by Gasteiger charge is -2.14. The first-order chi connectivity index (χ1) is 10.1. The van der Waals surface area contributed by atoms with Crippen molar-refractivity contribution in [2.75, 3.05) is 0 Å². The highest BCUT2D eigenvalue weighted by molar-refractivity contribution is 5.14. The summed E-state index contributed by atoms with van der Waals surface area (Å²) in [6.07, 6.45) is 13.2. The van der Waals surface area contributed by atoms with E-state index >= 15 is 0 Å². The Morgan fingerprint density at radius 3 is 2.27 bits per heavy atom. The Balaban J connectivity index is 0.00000441. The topological polar surface area (TPSA) is 25.8 Å². The Hall–Kier alpha value is -1.18. The third-order valence-corrected chi connectivity index (χ3v) is 4.06.